The largest absolute Gasteiger partial charge is 0.273 e. The van der Waals surface area contributed by atoms with E-state index in [2.05, 4.69) is 9.82 Å². The highest BCUT2D eigenvalue weighted by Crippen LogP contribution is 2.22. The predicted molar refractivity (Wildman–Crippen MR) is 95.4 cm³/mol. The Morgan fingerprint density at radius 2 is 1.88 bits per heavy atom. The molecule has 0 fully saturated rings. The summed E-state index contributed by atoms with van der Waals surface area (Å²) in [4.78, 5) is 10.2. The predicted octanol–water partition coefficient (Wildman–Crippen LogP) is 2.57. The summed E-state index contributed by atoms with van der Waals surface area (Å²) in [6, 6.07) is 14.9. The maximum atomic E-state index is 12.4. The zero-order valence-corrected chi connectivity index (χ0v) is 14.7. The quantitative estimate of drug-likeness (QED) is 0.528. The molecule has 0 amide bonds. The number of nitro benzene ring substituents is 1. The summed E-state index contributed by atoms with van der Waals surface area (Å²) in [6.45, 7) is 1.53. The number of rotatable bonds is 6. The minimum Gasteiger partial charge on any atom is -0.258 e. The number of benzene rings is 2. The molecule has 3 rings (SSSR count). The van der Waals surface area contributed by atoms with Crippen molar-refractivity contribution in [3.05, 3.63) is 82.2 Å². The van der Waals surface area contributed by atoms with Crippen LogP contribution in [0.5, 0.6) is 0 Å². The molecular weight excluding hydrogens is 356 g/mol. The summed E-state index contributed by atoms with van der Waals surface area (Å²) in [6.07, 6.45) is 1.73. The zero-order chi connectivity index (χ0) is 18.7. The second-order valence-corrected chi connectivity index (χ2v) is 7.38. The van der Waals surface area contributed by atoms with Gasteiger partial charge in [0.15, 0.2) is 0 Å². The van der Waals surface area contributed by atoms with Gasteiger partial charge in [0.05, 0.1) is 27.7 Å². The third-order valence-electron chi connectivity index (χ3n) is 3.80. The Morgan fingerprint density at radius 1 is 1.15 bits per heavy atom. The Bertz CT molecular complexity index is 1050. The molecule has 0 unspecified atom stereocenters. The Balaban J connectivity index is 1.76. The second kappa shape index (κ2) is 7.06. The highest BCUT2D eigenvalue weighted by Gasteiger charge is 2.20. The van der Waals surface area contributed by atoms with Gasteiger partial charge in [0.25, 0.3) is 5.69 Å². The van der Waals surface area contributed by atoms with Gasteiger partial charge >= 0.3 is 0 Å². The summed E-state index contributed by atoms with van der Waals surface area (Å²) in [5.74, 6) is 0. The topological polar surface area (TPSA) is 107 Å². The summed E-state index contributed by atoms with van der Waals surface area (Å²) >= 11 is 0. The van der Waals surface area contributed by atoms with Gasteiger partial charge in [-0.2, -0.15) is 5.10 Å². The minimum atomic E-state index is -3.89. The molecule has 0 spiro atoms. The molecule has 0 aliphatic carbocycles. The van der Waals surface area contributed by atoms with Crippen molar-refractivity contribution in [1.82, 2.24) is 14.5 Å². The van der Waals surface area contributed by atoms with E-state index in [-0.39, 0.29) is 17.1 Å². The molecule has 0 radical (unpaired) electrons. The molecule has 0 aliphatic heterocycles. The Hall–Kier alpha value is -3.04. The summed E-state index contributed by atoms with van der Waals surface area (Å²) in [7, 11) is -3.89. The lowest BCUT2D eigenvalue weighted by Gasteiger charge is -2.06. The van der Waals surface area contributed by atoms with Crippen LogP contribution < -0.4 is 4.72 Å². The smallest absolute Gasteiger partial charge is 0.258 e. The summed E-state index contributed by atoms with van der Waals surface area (Å²) < 4.78 is 28.9. The van der Waals surface area contributed by atoms with Gasteiger partial charge in [-0.15, -0.1) is 0 Å². The van der Waals surface area contributed by atoms with Crippen LogP contribution in [0.1, 0.15) is 11.3 Å². The molecule has 2 aromatic carbocycles. The Morgan fingerprint density at radius 3 is 2.58 bits per heavy atom. The van der Waals surface area contributed by atoms with E-state index in [1.165, 1.54) is 12.1 Å². The highest BCUT2D eigenvalue weighted by molar-refractivity contribution is 7.89. The van der Waals surface area contributed by atoms with E-state index < -0.39 is 14.9 Å². The lowest BCUT2D eigenvalue weighted by atomic mass is 10.2. The zero-order valence-electron chi connectivity index (χ0n) is 13.9. The van der Waals surface area contributed by atoms with Crippen molar-refractivity contribution in [3.63, 3.8) is 0 Å². The Labute approximate surface area is 150 Å². The molecule has 0 atom stereocenters. The first-order valence-corrected chi connectivity index (χ1v) is 9.20. The van der Waals surface area contributed by atoms with Gasteiger partial charge in [0.1, 0.15) is 0 Å². The van der Waals surface area contributed by atoms with Gasteiger partial charge in [-0.3, -0.25) is 10.1 Å². The van der Waals surface area contributed by atoms with Crippen molar-refractivity contribution in [1.29, 1.82) is 0 Å². The Kier molecular flexibility index (Phi) is 4.83. The number of aromatic nitrogens is 2. The van der Waals surface area contributed by atoms with Crippen LogP contribution >= 0.6 is 0 Å². The van der Waals surface area contributed by atoms with E-state index in [0.717, 1.165) is 11.8 Å². The normalized spacial score (nSPS) is 11.4. The molecule has 0 saturated carbocycles. The third-order valence-corrected chi connectivity index (χ3v) is 5.19. The van der Waals surface area contributed by atoms with Crippen molar-refractivity contribution < 1.29 is 13.3 Å². The van der Waals surface area contributed by atoms with E-state index in [9.17, 15) is 18.5 Å². The van der Waals surface area contributed by atoms with Gasteiger partial charge < -0.3 is 0 Å². The van der Waals surface area contributed by atoms with Crippen LogP contribution in [0.25, 0.3) is 5.69 Å². The summed E-state index contributed by atoms with van der Waals surface area (Å²) in [5, 5.41) is 15.3. The van der Waals surface area contributed by atoms with E-state index in [0.29, 0.717) is 11.3 Å². The van der Waals surface area contributed by atoms with Gasteiger partial charge in [0, 0.05) is 17.8 Å². The van der Waals surface area contributed by atoms with Crippen molar-refractivity contribution in [2.24, 2.45) is 0 Å². The molecule has 0 saturated heterocycles. The van der Waals surface area contributed by atoms with Crippen LogP contribution in [0.2, 0.25) is 0 Å². The molecule has 3 aromatic rings. The number of nitrogens with zero attached hydrogens (tertiary/aromatic N) is 3. The van der Waals surface area contributed by atoms with Crippen molar-refractivity contribution in [2.75, 3.05) is 0 Å². The van der Waals surface area contributed by atoms with E-state index in [4.69, 9.17) is 0 Å². The average molecular weight is 372 g/mol. The van der Waals surface area contributed by atoms with E-state index in [1.54, 1.807) is 23.9 Å². The lowest BCUT2D eigenvalue weighted by Crippen LogP contribution is -2.23. The fourth-order valence-corrected chi connectivity index (χ4v) is 3.40. The van der Waals surface area contributed by atoms with Gasteiger partial charge in [-0.05, 0) is 31.2 Å². The van der Waals surface area contributed by atoms with Gasteiger partial charge in [-0.25, -0.2) is 17.8 Å². The molecule has 9 heteroatoms. The van der Waals surface area contributed by atoms with E-state index in [1.807, 2.05) is 30.3 Å². The second-order valence-electron chi connectivity index (χ2n) is 5.62. The van der Waals surface area contributed by atoms with Crippen molar-refractivity contribution in [2.45, 2.75) is 18.4 Å². The van der Waals surface area contributed by atoms with Crippen molar-refractivity contribution >= 4 is 15.7 Å². The number of hydrogen-bond donors (Lipinski definition) is 1. The standard InChI is InChI=1S/C17H16N4O4S/c1-13-7-8-16(11-17(13)21(22)23)26(24,25)18-12-14-9-10-20(19-14)15-5-3-2-4-6-15/h2-11,18H,12H2,1H3. The number of para-hydroxylation sites is 1. The summed E-state index contributed by atoms with van der Waals surface area (Å²) in [5.41, 5.74) is 1.55. The van der Waals surface area contributed by atoms with Crippen LogP contribution in [-0.2, 0) is 16.6 Å². The van der Waals surface area contributed by atoms with Crippen LogP contribution in [0, 0.1) is 17.0 Å². The first kappa shape index (κ1) is 17.8. The maximum absolute atomic E-state index is 12.4. The molecule has 1 aromatic heterocycles. The monoisotopic (exact) mass is 372 g/mol. The van der Waals surface area contributed by atoms with Crippen LogP contribution in [0.3, 0.4) is 0 Å². The first-order valence-electron chi connectivity index (χ1n) is 7.71. The molecule has 1 heterocycles. The minimum absolute atomic E-state index is 0.0240. The lowest BCUT2D eigenvalue weighted by molar-refractivity contribution is -0.385. The molecule has 1 N–H and O–H groups in total. The fourth-order valence-electron chi connectivity index (χ4n) is 2.39. The van der Waals surface area contributed by atoms with Crippen molar-refractivity contribution in [3.8, 4) is 5.69 Å². The molecule has 0 aliphatic rings. The maximum Gasteiger partial charge on any atom is 0.273 e. The number of sulfonamides is 1. The number of nitrogens with one attached hydrogen (secondary N) is 1. The first-order chi connectivity index (χ1) is 12.4. The average Bonchev–Trinajstić information content (AvgIpc) is 3.10. The van der Waals surface area contributed by atoms with E-state index >= 15 is 0 Å². The SMILES string of the molecule is Cc1ccc(S(=O)(=O)NCc2ccn(-c3ccccc3)n2)cc1[N+](=O)[O-]. The molecule has 8 nitrogen and oxygen atoms in total. The molecule has 0 bridgehead atoms. The van der Waals surface area contributed by atoms with Gasteiger partial charge in [-0.1, -0.05) is 24.3 Å². The van der Waals surface area contributed by atoms with Crippen LogP contribution in [0.15, 0.2) is 65.7 Å². The third kappa shape index (κ3) is 3.79. The molecule has 26 heavy (non-hydrogen) atoms. The van der Waals surface area contributed by atoms with Crippen LogP contribution in [-0.4, -0.2) is 23.1 Å². The number of aryl methyl sites for hydroxylation is 1. The molecular formula is C17H16N4O4S. The highest BCUT2D eigenvalue weighted by atomic mass is 32.2. The molecule has 134 valence electrons. The number of nitro groups is 1. The fraction of sp³-hybridized carbons (Fsp3) is 0.118. The van der Waals surface area contributed by atoms with Gasteiger partial charge in [0.2, 0.25) is 10.0 Å². The number of hydrogen-bond acceptors (Lipinski definition) is 5. The van der Waals surface area contributed by atoms with Crippen LogP contribution in [0.4, 0.5) is 5.69 Å².